The first kappa shape index (κ1) is 20.2. The molecular weight excluding hydrogens is 311 g/mol. The molecule has 1 aromatic rings. The van der Waals surface area contributed by atoms with E-state index in [2.05, 4.69) is 31.2 Å². The maximum atomic E-state index is 9.78. The van der Waals surface area contributed by atoms with Crippen LogP contribution < -0.4 is 0 Å². The minimum absolute atomic E-state index is 0.0738. The summed E-state index contributed by atoms with van der Waals surface area (Å²) in [6.45, 7) is 10.3. The van der Waals surface area contributed by atoms with Gasteiger partial charge in [-0.2, -0.15) is 0 Å². The minimum atomic E-state index is -0.497. The van der Waals surface area contributed by atoms with Gasteiger partial charge >= 0.3 is 7.12 Å². The molecular formula is C21H33BO3. The molecule has 1 saturated heterocycles. The van der Waals surface area contributed by atoms with E-state index >= 15 is 0 Å². The third-order valence-corrected chi connectivity index (χ3v) is 5.39. The fourth-order valence-corrected chi connectivity index (χ4v) is 2.93. The lowest BCUT2D eigenvalue weighted by Crippen LogP contribution is -2.41. The van der Waals surface area contributed by atoms with Crippen molar-refractivity contribution in [2.24, 2.45) is 0 Å². The second-order valence-corrected chi connectivity index (χ2v) is 8.02. The summed E-state index contributed by atoms with van der Waals surface area (Å²) in [5.41, 5.74) is 2.41. The van der Waals surface area contributed by atoms with Crippen molar-refractivity contribution in [3.05, 3.63) is 40.9 Å². The maximum absolute atomic E-state index is 9.78. The Hall–Kier alpha value is -1.10. The molecule has 138 valence electrons. The van der Waals surface area contributed by atoms with Gasteiger partial charge in [-0.1, -0.05) is 56.5 Å². The van der Waals surface area contributed by atoms with E-state index < -0.39 is 18.3 Å². The normalized spacial score (nSPS) is 19.4. The summed E-state index contributed by atoms with van der Waals surface area (Å²) in [5.74, 6) is 0. The van der Waals surface area contributed by atoms with Crippen LogP contribution in [0.5, 0.6) is 0 Å². The third-order valence-electron chi connectivity index (χ3n) is 5.39. The zero-order valence-electron chi connectivity index (χ0n) is 16.5. The van der Waals surface area contributed by atoms with Crippen LogP contribution in [0.1, 0.15) is 71.4 Å². The van der Waals surface area contributed by atoms with Gasteiger partial charge in [0.1, 0.15) is 0 Å². The summed E-state index contributed by atoms with van der Waals surface area (Å²) in [5, 5.41) is 9.78. The van der Waals surface area contributed by atoms with E-state index in [4.69, 9.17) is 9.31 Å². The highest BCUT2D eigenvalue weighted by molar-refractivity contribution is 6.55. The Bertz CT molecular complexity index is 559. The van der Waals surface area contributed by atoms with E-state index in [0.29, 0.717) is 0 Å². The van der Waals surface area contributed by atoms with Crippen molar-refractivity contribution < 1.29 is 14.4 Å². The summed E-state index contributed by atoms with van der Waals surface area (Å²) < 4.78 is 12.1. The van der Waals surface area contributed by atoms with E-state index in [1.165, 1.54) is 31.2 Å². The molecule has 25 heavy (non-hydrogen) atoms. The van der Waals surface area contributed by atoms with Crippen molar-refractivity contribution in [2.75, 3.05) is 6.61 Å². The highest BCUT2D eigenvalue weighted by Crippen LogP contribution is 2.38. The van der Waals surface area contributed by atoms with Gasteiger partial charge in [-0.15, -0.1) is 0 Å². The maximum Gasteiger partial charge on any atom is 0.492 e. The zero-order valence-corrected chi connectivity index (χ0v) is 16.5. The average Bonchev–Trinajstić information content (AvgIpc) is 2.78. The number of aliphatic hydroxyl groups excluding tert-OH is 1. The summed E-state index contributed by atoms with van der Waals surface area (Å²) in [6.07, 6.45) is 8.24. The Labute approximate surface area is 153 Å². The number of benzene rings is 1. The summed E-state index contributed by atoms with van der Waals surface area (Å²) in [7, 11) is -0.497. The van der Waals surface area contributed by atoms with E-state index in [1.54, 1.807) is 0 Å². The van der Waals surface area contributed by atoms with Crippen LogP contribution in [-0.4, -0.2) is 30.0 Å². The van der Waals surface area contributed by atoms with Gasteiger partial charge in [-0.05, 0) is 57.1 Å². The molecule has 3 nitrogen and oxygen atoms in total. The molecule has 1 fully saturated rings. The first-order valence-corrected chi connectivity index (χ1v) is 9.55. The lowest BCUT2D eigenvalue weighted by Gasteiger charge is -2.32. The predicted molar refractivity (Wildman–Crippen MR) is 105 cm³/mol. The van der Waals surface area contributed by atoms with Gasteiger partial charge in [0, 0.05) is 0 Å². The van der Waals surface area contributed by atoms with Crippen LogP contribution in [0.25, 0.3) is 6.08 Å². The van der Waals surface area contributed by atoms with Gasteiger partial charge in [0.25, 0.3) is 0 Å². The van der Waals surface area contributed by atoms with Crippen LogP contribution >= 0.6 is 0 Å². The number of hydrogen-bond acceptors (Lipinski definition) is 3. The SMILES string of the molecule is CCCCCCc1ccc(C=C(CO)B2OC(C)(C)C(C)(C)O2)cc1. The highest BCUT2D eigenvalue weighted by atomic mass is 16.7. The summed E-state index contributed by atoms with van der Waals surface area (Å²) >= 11 is 0. The molecule has 0 unspecified atom stereocenters. The van der Waals surface area contributed by atoms with Gasteiger partial charge in [-0.3, -0.25) is 0 Å². The fraction of sp³-hybridized carbons (Fsp3) is 0.619. The van der Waals surface area contributed by atoms with Crippen molar-refractivity contribution in [2.45, 2.75) is 77.9 Å². The Morgan fingerprint density at radius 1 is 1.00 bits per heavy atom. The monoisotopic (exact) mass is 344 g/mol. The molecule has 0 bridgehead atoms. The third kappa shape index (κ3) is 5.19. The lowest BCUT2D eigenvalue weighted by atomic mass is 9.77. The minimum Gasteiger partial charge on any atom is -0.400 e. The Morgan fingerprint density at radius 3 is 2.12 bits per heavy atom. The van der Waals surface area contributed by atoms with Gasteiger partial charge in [0.15, 0.2) is 0 Å². The van der Waals surface area contributed by atoms with E-state index in [9.17, 15) is 5.11 Å². The number of aliphatic hydroxyl groups is 1. The van der Waals surface area contributed by atoms with Crippen LogP contribution in [0.2, 0.25) is 0 Å². The molecule has 0 radical (unpaired) electrons. The smallest absolute Gasteiger partial charge is 0.400 e. The first-order valence-electron chi connectivity index (χ1n) is 9.55. The average molecular weight is 344 g/mol. The molecule has 0 spiro atoms. The molecule has 0 aliphatic carbocycles. The number of unbranched alkanes of at least 4 members (excludes halogenated alkanes) is 3. The quantitative estimate of drug-likeness (QED) is 0.543. The van der Waals surface area contributed by atoms with Crippen molar-refractivity contribution in [3.8, 4) is 0 Å². The van der Waals surface area contributed by atoms with Crippen LogP contribution in [-0.2, 0) is 15.7 Å². The highest BCUT2D eigenvalue weighted by Gasteiger charge is 2.52. The molecule has 1 heterocycles. The van der Waals surface area contributed by atoms with Crippen molar-refractivity contribution in [3.63, 3.8) is 0 Å². The largest absolute Gasteiger partial charge is 0.492 e. The fourth-order valence-electron chi connectivity index (χ4n) is 2.93. The van der Waals surface area contributed by atoms with Crippen molar-refractivity contribution in [1.82, 2.24) is 0 Å². The second-order valence-electron chi connectivity index (χ2n) is 8.02. The molecule has 4 heteroatoms. The zero-order chi connectivity index (χ0) is 18.5. The predicted octanol–water partition coefficient (Wildman–Crippen LogP) is 4.82. The molecule has 0 atom stereocenters. The van der Waals surface area contributed by atoms with Gasteiger partial charge in [0.2, 0.25) is 0 Å². The lowest BCUT2D eigenvalue weighted by molar-refractivity contribution is 0.00578. The second kappa shape index (κ2) is 8.53. The van der Waals surface area contributed by atoms with Gasteiger partial charge in [-0.25, -0.2) is 0 Å². The number of hydrogen-bond donors (Lipinski definition) is 1. The Morgan fingerprint density at radius 2 is 1.60 bits per heavy atom. The summed E-state index contributed by atoms with van der Waals surface area (Å²) in [4.78, 5) is 0. The van der Waals surface area contributed by atoms with E-state index in [0.717, 1.165) is 17.5 Å². The molecule has 2 rings (SSSR count). The number of rotatable bonds is 8. The van der Waals surface area contributed by atoms with Crippen LogP contribution in [0, 0.1) is 0 Å². The van der Waals surface area contributed by atoms with Crippen LogP contribution in [0.4, 0.5) is 0 Å². The molecule has 1 aliphatic heterocycles. The van der Waals surface area contributed by atoms with Crippen LogP contribution in [0.3, 0.4) is 0 Å². The van der Waals surface area contributed by atoms with Crippen LogP contribution in [0.15, 0.2) is 29.7 Å². The van der Waals surface area contributed by atoms with Crippen molar-refractivity contribution in [1.29, 1.82) is 0 Å². The first-order chi connectivity index (χ1) is 11.8. The van der Waals surface area contributed by atoms with E-state index in [-0.39, 0.29) is 6.61 Å². The number of aryl methyl sites for hydroxylation is 1. The van der Waals surface area contributed by atoms with Crippen molar-refractivity contribution >= 4 is 13.2 Å². The topological polar surface area (TPSA) is 38.7 Å². The molecule has 1 aliphatic rings. The Balaban J connectivity index is 2.02. The molecule has 0 aromatic heterocycles. The van der Waals surface area contributed by atoms with Gasteiger partial charge < -0.3 is 14.4 Å². The van der Waals surface area contributed by atoms with Gasteiger partial charge in [0.05, 0.1) is 17.8 Å². The molecule has 0 amide bonds. The molecule has 1 N–H and O–H groups in total. The molecule has 1 aromatic carbocycles. The molecule has 0 saturated carbocycles. The summed E-state index contributed by atoms with van der Waals surface area (Å²) in [6, 6.07) is 8.57. The van der Waals surface area contributed by atoms with E-state index in [1.807, 2.05) is 33.8 Å². The Kier molecular flexibility index (Phi) is 6.90. The standard InChI is InChI=1S/C21H33BO3/c1-6-7-8-9-10-17-11-13-18(14-12-17)15-19(16-23)22-24-20(2,3)21(4,5)25-22/h11-15,23H,6-10,16H2,1-5H3.